The Bertz CT molecular complexity index is 794. The molecular weight excluding hydrogens is 328 g/mol. The van der Waals surface area contributed by atoms with Crippen molar-refractivity contribution in [3.05, 3.63) is 52.6 Å². The van der Waals surface area contributed by atoms with Gasteiger partial charge in [0.15, 0.2) is 0 Å². The largest absolute Gasteiger partial charge is 0.383 e. The molecule has 0 aliphatic rings. The number of nitrogens with two attached hydrogens (primary N) is 1. The molecular formula is C16H15BrN4. The predicted octanol–water partition coefficient (Wildman–Crippen LogP) is 3.80. The van der Waals surface area contributed by atoms with Gasteiger partial charge in [-0.2, -0.15) is 5.10 Å². The lowest BCUT2D eigenvalue weighted by molar-refractivity contribution is 0.782. The summed E-state index contributed by atoms with van der Waals surface area (Å²) in [5, 5.41) is 4.56. The van der Waals surface area contributed by atoms with Crippen molar-refractivity contribution in [1.82, 2.24) is 14.8 Å². The van der Waals surface area contributed by atoms with Crippen molar-refractivity contribution in [1.29, 1.82) is 0 Å². The van der Waals surface area contributed by atoms with E-state index in [1.165, 1.54) is 0 Å². The Balaban J connectivity index is 2.24. The molecule has 2 aromatic heterocycles. The number of halogens is 1. The maximum absolute atomic E-state index is 6.19. The van der Waals surface area contributed by atoms with Gasteiger partial charge >= 0.3 is 0 Å². The van der Waals surface area contributed by atoms with Gasteiger partial charge < -0.3 is 5.73 Å². The van der Waals surface area contributed by atoms with Crippen LogP contribution in [0.2, 0.25) is 0 Å². The third kappa shape index (κ3) is 2.45. The molecule has 21 heavy (non-hydrogen) atoms. The monoisotopic (exact) mass is 342 g/mol. The Morgan fingerprint density at radius 3 is 2.67 bits per heavy atom. The fourth-order valence-corrected chi connectivity index (χ4v) is 2.54. The van der Waals surface area contributed by atoms with E-state index in [-0.39, 0.29) is 0 Å². The van der Waals surface area contributed by atoms with Crippen LogP contribution in [0.1, 0.15) is 5.56 Å². The number of aromatic nitrogens is 3. The van der Waals surface area contributed by atoms with Gasteiger partial charge in [-0.25, -0.2) is 0 Å². The number of nitrogen functional groups attached to an aromatic ring is 1. The summed E-state index contributed by atoms with van der Waals surface area (Å²) in [4.78, 5) is 4.41. The Morgan fingerprint density at radius 1 is 1.19 bits per heavy atom. The Kier molecular flexibility index (Phi) is 3.51. The lowest BCUT2D eigenvalue weighted by Crippen LogP contribution is -1.98. The van der Waals surface area contributed by atoms with Gasteiger partial charge in [0.1, 0.15) is 11.5 Å². The molecule has 0 aliphatic carbocycles. The van der Waals surface area contributed by atoms with Gasteiger partial charge in [-0.1, -0.05) is 28.1 Å². The number of hydrogen-bond donors (Lipinski definition) is 1. The van der Waals surface area contributed by atoms with E-state index in [0.29, 0.717) is 5.82 Å². The molecule has 1 aromatic carbocycles. The molecule has 0 saturated heterocycles. The van der Waals surface area contributed by atoms with Crippen LogP contribution in [0.4, 0.5) is 5.82 Å². The molecule has 0 radical (unpaired) electrons. The second-order valence-electron chi connectivity index (χ2n) is 4.91. The van der Waals surface area contributed by atoms with E-state index < -0.39 is 0 Å². The molecule has 0 atom stereocenters. The van der Waals surface area contributed by atoms with Crippen molar-refractivity contribution in [2.45, 2.75) is 6.92 Å². The standard InChI is InChI=1S/C16H15BrN4/c1-10-9-11(6-7-12(10)17)15-14(16(18)21(2)20-15)13-5-3-4-8-19-13/h3-9H,18H2,1-2H3. The summed E-state index contributed by atoms with van der Waals surface area (Å²) in [6, 6.07) is 11.9. The van der Waals surface area contributed by atoms with E-state index >= 15 is 0 Å². The van der Waals surface area contributed by atoms with Gasteiger partial charge in [0.05, 0.1) is 11.3 Å². The van der Waals surface area contributed by atoms with E-state index in [4.69, 9.17) is 5.73 Å². The highest BCUT2D eigenvalue weighted by molar-refractivity contribution is 9.10. The molecule has 5 heteroatoms. The first-order valence-corrected chi connectivity index (χ1v) is 7.37. The first-order valence-electron chi connectivity index (χ1n) is 6.58. The maximum Gasteiger partial charge on any atom is 0.131 e. The molecule has 0 spiro atoms. The van der Waals surface area contributed by atoms with Crippen LogP contribution in [-0.4, -0.2) is 14.8 Å². The number of pyridine rings is 1. The molecule has 106 valence electrons. The quantitative estimate of drug-likeness (QED) is 0.770. The first kappa shape index (κ1) is 13.8. The minimum atomic E-state index is 0.615. The predicted molar refractivity (Wildman–Crippen MR) is 88.7 cm³/mol. The van der Waals surface area contributed by atoms with E-state index in [1.54, 1.807) is 10.9 Å². The summed E-state index contributed by atoms with van der Waals surface area (Å²) < 4.78 is 2.77. The van der Waals surface area contributed by atoms with Crippen LogP contribution < -0.4 is 5.73 Å². The number of hydrogen-bond acceptors (Lipinski definition) is 3. The molecule has 0 unspecified atom stereocenters. The summed E-state index contributed by atoms with van der Waals surface area (Å²) in [5.74, 6) is 0.615. The SMILES string of the molecule is Cc1cc(-c2nn(C)c(N)c2-c2ccccn2)ccc1Br. The zero-order valence-corrected chi connectivity index (χ0v) is 13.4. The Morgan fingerprint density at radius 2 is 2.00 bits per heavy atom. The minimum absolute atomic E-state index is 0.615. The number of rotatable bonds is 2. The molecule has 3 rings (SSSR count). The molecule has 4 nitrogen and oxygen atoms in total. The summed E-state index contributed by atoms with van der Waals surface area (Å²) in [5.41, 5.74) is 10.9. The van der Waals surface area contributed by atoms with E-state index in [0.717, 1.165) is 32.6 Å². The zero-order valence-electron chi connectivity index (χ0n) is 11.8. The summed E-state index contributed by atoms with van der Waals surface area (Å²) in [6.45, 7) is 2.06. The molecule has 0 saturated carbocycles. The van der Waals surface area contributed by atoms with Crippen molar-refractivity contribution < 1.29 is 0 Å². The normalized spacial score (nSPS) is 10.8. The molecule has 0 bridgehead atoms. The third-order valence-corrected chi connectivity index (χ3v) is 4.33. The minimum Gasteiger partial charge on any atom is -0.383 e. The topological polar surface area (TPSA) is 56.7 Å². The van der Waals surface area contributed by atoms with Gasteiger partial charge in [0, 0.05) is 23.3 Å². The van der Waals surface area contributed by atoms with Crippen LogP contribution in [0.25, 0.3) is 22.5 Å². The van der Waals surface area contributed by atoms with Crippen molar-refractivity contribution in [2.24, 2.45) is 7.05 Å². The van der Waals surface area contributed by atoms with Crippen molar-refractivity contribution in [2.75, 3.05) is 5.73 Å². The summed E-state index contributed by atoms with van der Waals surface area (Å²) in [6.07, 6.45) is 1.76. The number of benzene rings is 1. The fraction of sp³-hybridized carbons (Fsp3) is 0.125. The highest BCUT2D eigenvalue weighted by Crippen LogP contribution is 2.35. The van der Waals surface area contributed by atoms with E-state index in [2.05, 4.69) is 39.0 Å². The van der Waals surface area contributed by atoms with Crippen molar-refractivity contribution in [3.63, 3.8) is 0 Å². The van der Waals surface area contributed by atoms with Crippen LogP contribution in [0.3, 0.4) is 0 Å². The molecule has 2 heterocycles. The third-order valence-electron chi connectivity index (χ3n) is 3.44. The maximum atomic E-state index is 6.19. The fourth-order valence-electron chi connectivity index (χ4n) is 2.29. The molecule has 0 aliphatic heterocycles. The van der Waals surface area contributed by atoms with Crippen LogP contribution in [0.15, 0.2) is 47.1 Å². The first-order chi connectivity index (χ1) is 10.1. The average molecular weight is 343 g/mol. The molecule has 3 aromatic rings. The van der Waals surface area contributed by atoms with Gasteiger partial charge in [-0.05, 0) is 36.8 Å². The molecule has 0 amide bonds. The van der Waals surface area contributed by atoms with Crippen LogP contribution in [0, 0.1) is 6.92 Å². The summed E-state index contributed by atoms with van der Waals surface area (Å²) >= 11 is 3.52. The van der Waals surface area contributed by atoms with Crippen molar-refractivity contribution >= 4 is 21.7 Å². The second kappa shape index (κ2) is 5.33. The summed E-state index contributed by atoms with van der Waals surface area (Å²) in [7, 11) is 1.84. The van der Waals surface area contributed by atoms with Gasteiger partial charge in [0.2, 0.25) is 0 Å². The Hall–Kier alpha value is -2.14. The Labute approximate surface area is 131 Å². The van der Waals surface area contributed by atoms with Crippen molar-refractivity contribution in [3.8, 4) is 22.5 Å². The number of nitrogens with zero attached hydrogens (tertiary/aromatic N) is 3. The second-order valence-corrected chi connectivity index (χ2v) is 5.77. The zero-order chi connectivity index (χ0) is 15.0. The van der Waals surface area contributed by atoms with Gasteiger partial charge in [-0.15, -0.1) is 0 Å². The number of aryl methyl sites for hydroxylation is 2. The highest BCUT2D eigenvalue weighted by Gasteiger charge is 2.18. The van der Waals surface area contributed by atoms with Crippen LogP contribution in [0.5, 0.6) is 0 Å². The number of anilines is 1. The molecule has 0 fully saturated rings. The molecule has 2 N–H and O–H groups in total. The van der Waals surface area contributed by atoms with Gasteiger partial charge in [0.25, 0.3) is 0 Å². The lowest BCUT2D eigenvalue weighted by Gasteiger charge is -2.05. The van der Waals surface area contributed by atoms with Crippen LogP contribution >= 0.6 is 15.9 Å². The average Bonchev–Trinajstić information content (AvgIpc) is 2.79. The van der Waals surface area contributed by atoms with E-state index in [1.807, 2.05) is 37.4 Å². The van der Waals surface area contributed by atoms with E-state index in [9.17, 15) is 0 Å². The highest BCUT2D eigenvalue weighted by atomic mass is 79.9. The smallest absolute Gasteiger partial charge is 0.131 e. The van der Waals surface area contributed by atoms with Gasteiger partial charge in [-0.3, -0.25) is 9.67 Å². The van der Waals surface area contributed by atoms with Crippen LogP contribution in [-0.2, 0) is 7.05 Å². The lowest BCUT2D eigenvalue weighted by atomic mass is 10.0.